The first-order valence-electron chi connectivity index (χ1n) is 4.38. The summed E-state index contributed by atoms with van der Waals surface area (Å²) in [6.45, 7) is 0.468. The van der Waals surface area contributed by atoms with E-state index in [-0.39, 0.29) is 0 Å². The summed E-state index contributed by atoms with van der Waals surface area (Å²) in [5.41, 5.74) is 3.33. The molecule has 0 N–H and O–H groups in total. The highest BCUT2D eigenvalue weighted by molar-refractivity contribution is 7.07. The van der Waals surface area contributed by atoms with Gasteiger partial charge in [-0.2, -0.15) is 5.26 Å². The van der Waals surface area contributed by atoms with E-state index in [0.29, 0.717) is 12.2 Å². The summed E-state index contributed by atoms with van der Waals surface area (Å²) < 4.78 is 5.48. The molecule has 0 aliphatic carbocycles. The molecule has 0 spiro atoms. The van der Waals surface area contributed by atoms with E-state index in [1.54, 1.807) is 41.1 Å². The van der Waals surface area contributed by atoms with Gasteiger partial charge in [0.25, 0.3) is 0 Å². The average Bonchev–Trinajstić information content (AvgIpc) is 2.80. The first kappa shape index (κ1) is 9.69. The molecule has 1 aromatic carbocycles. The fourth-order valence-electron chi connectivity index (χ4n) is 1.09. The summed E-state index contributed by atoms with van der Waals surface area (Å²) in [6, 6.07) is 9.09. The maximum absolute atomic E-state index is 8.61. The number of hydrogen-bond acceptors (Lipinski definition) is 4. The second-order valence-corrected chi connectivity index (χ2v) is 3.62. The number of nitriles is 1. The highest BCUT2D eigenvalue weighted by Crippen LogP contribution is 2.13. The van der Waals surface area contributed by atoms with E-state index in [1.807, 2.05) is 5.38 Å². The predicted molar refractivity (Wildman–Crippen MR) is 57.6 cm³/mol. The van der Waals surface area contributed by atoms with Gasteiger partial charge in [-0.1, -0.05) is 0 Å². The van der Waals surface area contributed by atoms with Gasteiger partial charge in [-0.25, -0.2) is 4.98 Å². The van der Waals surface area contributed by atoms with Gasteiger partial charge >= 0.3 is 0 Å². The Morgan fingerprint density at radius 2 is 2.13 bits per heavy atom. The van der Waals surface area contributed by atoms with Crippen molar-refractivity contribution in [3.05, 3.63) is 46.4 Å². The van der Waals surface area contributed by atoms with Crippen LogP contribution in [0, 0.1) is 11.3 Å². The van der Waals surface area contributed by atoms with Crippen molar-refractivity contribution in [3.63, 3.8) is 0 Å². The van der Waals surface area contributed by atoms with Crippen LogP contribution in [0.2, 0.25) is 0 Å². The molecular weight excluding hydrogens is 208 g/mol. The fourth-order valence-corrected chi connectivity index (χ4v) is 1.63. The van der Waals surface area contributed by atoms with Crippen molar-refractivity contribution in [2.24, 2.45) is 0 Å². The minimum atomic E-state index is 0.468. The maximum atomic E-state index is 8.61. The van der Waals surface area contributed by atoms with E-state index in [0.717, 1.165) is 11.4 Å². The number of hydrogen-bond donors (Lipinski definition) is 0. The van der Waals surface area contributed by atoms with Gasteiger partial charge in [-0.3, -0.25) is 0 Å². The zero-order chi connectivity index (χ0) is 10.5. The van der Waals surface area contributed by atoms with E-state index in [4.69, 9.17) is 10.00 Å². The third-order valence-electron chi connectivity index (χ3n) is 1.85. The molecule has 0 bridgehead atoms. The Labute approximate surface area is 91.6 Å². The van der Waals surface area contributed by atoms with Crippen molar-refractivity contribution in [3.8, 4) is 11.8 Å². The summed E-state index contributed by atoms with van der Waals surface area (Å²) in [4.78, 5) is 4.11. The molecule has 2 aromatic rings. The summed E-state index contributed by atoms with van der Waals surface area (Å²) in [6.07, 6.45) is 0. The van der Waals surface area contributed by atoms with E-state index >= 15 is 0 Å². The second-order valence-electron chi connectivity index (χ2n) is 2.90. The predicted octanol–water partition coefficient (Wildman–Crippen LogP) is 2.59. The van der Waals surface area contributed by atoms with Crippen molar-refractivity contribution in [2.45, 2.75) is 6.61 Å². The molecule has 15 heavy (non-hydrogen) atoms. The van der Waals surface area contributed by atoms with Crippen LogP contribution in [0.5, 0.6) is 5.75 Å². The van der Waals surface area contributed by atoms with Crippen molar-refractivity contribution in [1.29, 1.82) is 5.26 Å². The minimum Gasteiger partial charge on any atom is -0.487 e. The third kappa shape index (κ3) is 2.55. The Balaban J connectivity index is 1.97. The van der Waals surface area contributed by atoms with Crippen LogP contribution in [-0.2, 0) is 6.61 Å². The smallest absolute Gasteiger partial charge is 0.131 e. The number of nitrogens with zero attached hydrogens (tertiary/aromatic N) is 2. The monoisotopic (exact) mass is 216 g/mol. The lowest BCUT2D eigenvalue weighted by molar-refractivity contribution is 0.302. The van der Waals surface area contributed by atoms with Crippen LogP contribution in [0.25, 0.3) is 0 Å². The zero-order valence-electron chi connectivity index (χ0n) is 7.88. The highest BCUT2D eigenvalue weighted by atomic mass is 32.1. The summed E-state index contributed by atoms with van der Waals surface area (Å²) in [5.74, 6) is 0.752. The standard InChI is InChI=1S/C11H8N2OS/c12-5-9-1-3-11(4-2-9)14-6-10-7-15-8-13-10/h1-4,7-8H,6H2. The molecule has 0 saturated heterocycles. The number of aromatic nitrogens is 1. The number of thiazole rings is 1. The van der Waals surface area contributed by atoms with Crippen LogP contribution in [-0.4, -0.2) is 4.98 Å². The molecule has 1 aromatic heterocycles. The summed E-state index contributed by atoms with van der Waals surface area (Å²) in [7, 11) is 0. The van der Waals surface area contributed by atoms with Gasteiger partial charge in [-0.15, -0.1) is 11.3 Å². The Hall–Kier alpha value is -1.86. The number of rotatable bonds is 3. The van der Waals surface area contributed by atoms with Crippen LogP contribution in [0.15, 0.2) is 35.2 Å². The van der Waals surface area contributed by atoms with Gasteiger partial charge < -0.3 is 4.74 Å². The van der Waals surface area contributed by atoms with E-state index < -0.39 is 0 Å². The Morgan fingerprint density at radius 1 is 1.33 bits per heavy atom. The molecule has 0 amide bonds. The molecule has 0 unspecified atom stereocenters. The highest BCUT2D eigenvalue weighted by Gasteiger charge is 1.97. The lowest BCUT2D eigenvalue weighted by atomic mass is 10.2. The van der Waals surface area contributed by atoms with Gasteiger partial charge in [0.2, 0.25) is 0 Å². The van der Waals surface area contributed by atoms with Crippen LogP contribution in [0.3, 0.4) is 0 Å². The van der Waals surface area contributed by atoms with Gasteiger partial charge in [0.05, 0.1) is 22.8 Å². The first-order chi connectivity index (χ1) is 7.38. The normalized spacial score (nSPS) is 9.53. The summed E-state index contributed by atoms with van der Waals surface area (Å²) in [5, 5.41) is 10.6. The topological polar surface area (TPSA) is 45.9 Å². The Bertz CT molecular complexity index is 456. The van der Waals surface area contributed by atoms with Gasteiger partial charge in [0.15, 0.2) is 0 Å². The molecule has 0 aliphatic rings. The van der Waals surface area contributed by atoms with Crippen LogP contribution < -0.4 is 4.74 Å². The largest absolute Gasteiger partial charge is 0.487 e. The van der Waals surface area contributed by atoms with Gasteiger partial charge in [-0.05, 0) is 24.3 Å². The average molecular weight is 216 g/mol. The van der Waals surface area contributed by atoms with Gasteiger partial charge in [0.1, 0.15) is 12.4 Å². The molecule has 0 fully saturated rings. The SMILES string of the molecule is N#Cc1ccc(OCc2cscn2)cc1. The molecule has 2 rings (SSSR count). The maximum Gasteiger partial charge on any atom is 0.131 e. The quantitative estimate of drug-likeness (QED) is 0.792. The third-order valence-corrected chi connectivity index (χ3v) is 2.49. The van der Waals surface area contributed by atoms with Crippen LogP contribution in [0.1, 0.15) is 11.3 Å². The molecule has 3 nitrogen and oxygen atoms in total. The number of benzene rings is 1. The molecule has 74 valence electrons. The Morgan fingerprint density at radius 3 is 2.73 bits per heavy atom. The van der Waals surface area contributed by atoms with Gasteiger partial charge in [0, 0.05) is 5.38 Å². The minimum absolute atomic E-state index is 0.468. The lowest BCUT2D eigenvalue weighted by Crippen LogP contribution is -1.95. The number of ether oxygens (including phenoxy) is 1. The van der Waals surface area contributed by atoms with E-state index in [1.165, 1.54) is 0 Å². The molecule has 0 aliphatic heterocycles. The molecule has 0 atom stereocenters. The fraction of sp³-hybridized carbons (Fsp3) is 0.0909. The zero-order valence-corrected chi connectivity index (χ0v) is 8.70. The molecule has 0 saturated carbocycles. The van der Waals surface area contributed by atoms with Crippen molar-refractivity contribution in [1.82, 2.24) is 4.98 Å². The van der Waals surface area contributed by atoms with Crippen molar-refractivity contribution in [2.75, 3.05) is 0 Å². The molecule has 4 heteroatoms. The van der Waals surface area contributed by atoms with Crippen LogP contribution in [0.4, 0.5) is 0 Å². The molecule has 0 radical (unpaired) electrons. The lowest BCUT2D eigenvalue weighted by Gasteiger charge is -2.03. The molecule has 1 heterocycles. The van der Waals surface area contributed by atoms with Crippen molar-refractivity contribution >= 4 is 11.3 Å². The van der Waals surface area contributed by atoms with Crippen molar-refractivity contribution < 1.29 is 4.74 Å². The molecular formula is C11H8N2OS. The van der Waals surface area contributed by atoms with E-state index in [2.05, 4.69) is 11.1 Å². The first-order valence-corrected chi connectivity index (χ1v) is 5.33. The van der Waals surface area contributed by atoms with E-state index in [9.17, 15) is 0 Å². The Kier molecular flexibility index (Phi) is 2.96. The second kappa shape index (κ2) is 4.58. The van der Waals surface area contributed by atoms with Crippen LogP contribution >= 0.6 is 11.3 Å². The summed E-state index contributed by atoms with van der Waals surface area (Å²) >= 11 is 1.55.